The molecule has 0 bridgehead atoms. The maximum atomic E-state index is 13.4. The number of carbonyl (C=O) groups is 1. The number of hydrogen-bond acceptors (Lipinski definition) is 6. The number of hydrogen-bond donors (Lipinski definition) is 2. The average Bonchev–Trinajstić information content (AvgIpc) is 3.03. The molecule has 1 aliphatic carbocycles. The van der Waals surface area contributed by atoms with Crippen LogP contribution in [0.15, 0.2) is 30.3 Å². The van der Waals surface area contributed by atoms with Gasteiger partial charge in [0.15, 0.2) is 11.5 Å². The van der Waals surface area contributed by atoms with Gasteiger partial charge in [-0.25, -0.2) is 0 Å². The molecule has 1 aliphatic rings. The van der Waals surface area contributed by atoms with Crippen LogP contribution in [-0.4, -0.2) is 39.3 Å². The fraction of sp³-hybridized carbons (Fsp3) is 0.500. The third-order valence-corrected chi connectivity index (χ3v) is 6.22. The number of amides is 1. The monoisotopic (exact) mass is 492 g/mol. The van der Waals surface area contributed by atoms with Crippen molar-refractivity contribution in [3.8, 4) is 28.7 Å². The van der Waals surface area contributed by atoms with Gasteiger partial charge >= 0.3 is 0 Å². The highest BCUT2D eigenvalue weighted by molar-refractivity contribution is 5.99. The van der Waals surface area contributed by atoms with Crippen LogP contribution in [0.3, 0.4) is 0 Å². The maximum Gasteiger partial charge on any atom is 0.255 e. The summed E-state index contributed by atoms with van der Waals surface area (Å²) in [5.41, 5.74) is 6.85. The van der Waals surface area contributed by atoms with E-state index in [9.17, 15) is 4.79 Å². The van der Waals surface area contributed by atoms with Gasteiger partial charge in [0.05, 0.1) is 26.9 Å². The molecule has 0 unspecified atom stereocenters. The molecule has 34 heavy (non-hydrogen) atoms. The molecule has 8 heteroatoms. The smallest absolute Gasteiger partial charge is 0.255 e. The van der Waals surface area contributed by atoms with Gasteiger partial charge in [0.1, 0.15) is 5.75 Å². The first-order chi connectivity index (χ1) is 15.9. The van der Waals surface area contributed by atoms with Crippen LogP contribution in [0, 0.1) is 0 Å². The van der Waals surface area contributed by atoms with Crippen LogP contribution in [0.25, 0.3) is 0 Å². The topological polar surface area (TPSA) is 92.0 Å². The summed E-state index contributed by atoms with van der Waals surface area (Å²) in [7, 11) is 4.55. The molecule has 0 heterocycles. The fourth-order valence-corrected chi connectivity index (χ4v) is 4.42. The molecule has 0 radical (unpaired) electrons. The predicted molar refractivity (Wildman–Crippen MR) is 136 cm³/mol. The van der Waals surface area contributed by atoms with Crippen LogP contribution >= 0.6 is 12.4 Å². The Morgan fingerprint density at radius 2 is 1.53 bits per heavy atom. The van der Waals surface area contributed by atoms with E-state index in [1.54, 1.807) is 6.07 Å². The highest BCUT2D eigenvalue weighted by Gasteiger charge is 2.31. The summed E-state index contributed by atoms with van der Waals surface area (Å²) in [4.78, 5) is 13.4. The van der Waals surface area contributed by atoms with Crippen molar-refractivity contribution in [3.05, 3.63) is 41.5 Å². The number of benzene rings is 2. The Morgan fingerprint density at radius 3 is 2.06 bits per heavy atom. The molecule has 0 aromatic heterocycles. The summed E-state index contributed by atoms with van der Waals surface area (Å²) in [6.07, 6.45) is 7.31. The van der Waals surface area contributed by atoms with Crippen molar-refractivity contribution >= 4 is 18.3 Å². The number of rotatable bonds is 9. The molecule has 1 fully saturated rings. The van der Waals surface area contributed by atoms with Crippen LogP contribution in [-0.2, 0) is 6.42 Å². The van der Waals surface area contributed by atoms with E-state index >= 15 is 0 Å². The molecule has 0 atom stereocenters. The van der Waals surface area contributed by atoms with Crippen molar-refractivity contribution in [1.82, 2.24) is 5.32 Å². The standard InChI is InChI=1S/C26H36N2O5.ClH/c1-26(14-7-5-6-8-15-26)28-25(29)20-17-21(23(31-3)24(32-4)22(20)30-2)33-19-11-9-18(10-12-19)13-16-27;/h9-12,17H,5-8,13-16,27H2,1-4H3,(H,28,29);1H. The summed E-state index contributed by atoms with van der Waals surface area (Å²) in [5, 5.41) is 3.24. The second-order valence-electron chi connectivity index (χ2n) is 8.74. The minimum Gasteiger partial charge on any atom is -0.492 e. The van der Waals surface area contributed by atoms with Gasteiger partial charge in [0.2, 0.25) is 11.5 Å². The molecule has 1 saturated carbocycles. The van der Waals surface area contributed by atoms with Crippen LogP contribution in [0.1, 0.15) is 61.4 Å². The Labute approximate surface area is 208 Å². The van der Waals surface area contributed by atoms with Crippen LogP contribution < -0.4 is 30.0 Å². The van der Waals surface area contributed by atoms with E-state index in [0.29, 0.717) is 40.9 Å². The zero-order valence-corrected chi connectivity index (χ0v) is 21.4. The molecule has 2 aromatic rings. The highest BCUT2D eigenvalue weighted by atomic mass is 35.5. The van der Waals surface area contributed by atoms with Crippen LogP contribution in [0.2, 0.25) is 0 Å². The average molecular weight is 493 g/mol. The van der Waals surface area contributed by atoms with Gasteiger partial charge in [-0.1, -0.05) is 37.8 Å². The zero-order valence-electron chi connectivity index (χ0n) is 20.6. The lowest BCUT2D eigenvalue weighted by molar-refractivity contribution is 0.0893. The molecule has 2 aromatic carbocycles. The summed E-state index contributed by atoms with van der Waals surface area (Å²) >= 11 is 0. The summed E-state index contributed by atoms with van der Waals surface area (Å²) < 4.78 is 22.9. The summed E-state index contributed by atoms with van der Waals surface area (Å²) in [6, 6.07) is 9.33. The normalized spacial score (nSPS) is 14.9. The number of nitrogens with one attached hydrogen (secondary N) is 1. The van der Waals surface area contributed by atoms with E-state index in [1.165, 1.54) is 34.2 Å². The molecule has 7 nitrogen and oxygen atoms in total. The molecule has 0 spiro atoms. The van der Waals surface area contributed by atoms with E-state index in [2.05, 4.69) is 12.2 Å². The number of nitrogens with two attached hydrogens (primary N) is 1. The number of halogens is 1. The van der Waals surface area contributed by atoms with Gasteiger partial charge in [0.25, 0.3) is 5.91 Å². The third-order valence-electron chi connectivity index (χ3n) is 6.22. The molecule has 3 rings (SSSR count). The highest BCUT2D eigenvalue weighted by Crippen LogP contribution is 2.48. The van der Waals surface area contributed by atoms with Gasteiger partial charge in [-0.3, -0.25) is 4.79 Å². The van der Waals surface area contributed by atoms with Crippen molar-refractivity contribution in [1.29, 1.82) is 0 Å². The van der Waals surface area contributed by atoms with Crippen molar-refractivity contribution < 1.29 is 23.7 Å². The molecule has 3 N–H and O–H groups in total. The minimum atomic E-state index is -0.258. The number of carbonyl (C=O) groups excluding carboxylic acids is 1. The molecule has 0 aliphatic heterocycles. The van der Waals surface area contributed by atoms with E-state index < -0.39 is 0 Å². The third kappa shape index (κ3) is 6.48. The number of ether oxygens (including phenoxy) is 4. The van der Waals surface area contributed by atoms with Crippen molar-refractivity contribution in [2.24, 2.45) is 5.73 Å². The summed E-state index contributed by atoms with van der Waals surface area (Å²) in [6.45, 7) is 2.70. The molecule has 188 valence electrons. The van der Waals surface area contributed by atoms with E-state index in [-0.39, 0.29) is 23.9 Å². The largest absolute Gasteiger partial charge is 0.492 e. The lowest BCUT2D eigenvalue weighted by Gasteiger charge is -2.30. The van der Waals surface area contributed by atoms with Gasteiger partial charge in [-0.2, -0.15) is 0 Å². The van der Waals surface area contributed by atoms with Gasteiger partial charge < -0.3 is 30.0 Å². The first-order valence-electron chi connectivity index (χ1n) is 11.6. The fourth-order valence-electron chi connectivity index (χ4n) is 4.42. The Morgan fingerprint density at radius 1 is 0.941 bits per heavy atom. The van der Waals surface area contributed by atoms with Crippen LogP contribution in [0.5, 0.6) is 28.7 Å². The van der Waals surface area contributed by atoms with Gasteiger partial charge in [0, 0.05) is 11.6 Å². The molecular formula is C26H37ClN2O5. The van der Waals surface area contributed by atoms with Gasteiger partial charge in [-0.15, -0.1) is 12.4 Å². The first kappa shape index (κ1) is 27.6. The maximum absolute atomic E-state index is 13.4. The Bertz CT molecular complexity index is 941. The van der Waals surface area contributed by atoms with Crippen LogP contribution in [0.4, 0.5) is 0 Å². The predicted octanol–water partition coefficient (Wildman–Crippen LogP) is 5.27. The van der Waals surface area contributed by atoms with Crippen molar-refractivity contribution in [2.45, 2.75) is 57.4 Å². The number of methoxy groups -OCH3 is 3. The van der Waals surface area contributed by atoms with Crippen molar-refractivity contribution in [2.75, 3.05) is 27.9 Å². The first-order valence-corrected chi connectivity index (χ1v) is 11.6. The second kappa shape index (κ2) is 12.7. The SMILES string of the molecule is COc1c(Oc2ccc(CCN)cc2)cc(C(=O)NC2(C)CCCCCC2)c(OC)c1OC.Cl. The van der Waals surface area contributed by atoms with E-state index in [1.807, 2.05) is 24.3 Å². The Hall–Kier alpha value is -2.64. The lowest BCUT2D eigenvalue weighted by atomic mass is 9.92. The Balaban J connectivity index is 0.00000408. The molecule has 1 amide bonds. The van der Waals surface area contributed by atoms with Gasteiger partial charge in [-0.05, 0) is 50.4 Å². The minimum absolute atomic E-state index is 0. The molecular weight excluding hydrogens is 456 g/mol. The second-order valence-corrected chi connectivity index (χ2v) is 8.74. The Kier molecular flexibility index (Phi) is 10.3. The van der Waals surface area contributed by atoms with E-state index in [4.69, 9.17) is 24.7 Å². The van der Waals surface area contributed by atoms with E-state index in [0.717, 1.165) is 37.7 Å². The quantitative estimate of drug-likeness (QED) is 0.463. The van der Waals surface area contributed by atoms with Crippen molar-refractivity contribution in [3.63, 3.8) is 0 Å². The lowest BCUT2D eigenvalue weighted by Crippen LogP contribution is -2.45. The zero-order chi connectivity index (χ0) is 23.8. The molecule has 0 saturated heterocycles. The summed E-state index contributed by atoms with van der Waals surface area (Å²) in [5.74, 6) is 1.75.